The van der Waals surface area contributed by atoms with E-state index in [1.807, 2.05) is 0 Å². The highest BCUT2D eigenvalue weighted by molar-refractivity contribution is 9.10. The number of benzene rings is 1. The molecule has 1 aliphatic heterocycles. The SMILES string of the molecule is C[C@@H]1Cc2c(Br)cccc2N1. The molecule has 1 aromatic rings. The molecule has 1 aromatic carbocycles. The second kappa shape index (κ2) is 2.52. The second-order valence-electron chi connectivity index (χ2n) is 3.02. The third-order valence-corrected chi connectivity index (χ3v) is 2.77. The Balaban J connectivity index is 2.49. The average molecular weight is 212 g/mol. The van der Waals surface area contributed by atoms with Crippen molar-refractivity contribution >= 4 is 21.6 Å². The average Bonchev–Trinajstić information content (AvgIpc) is 2.31. The van der Waals surface area contributed by atoms with Gasteiger partial charge >= 0.3 is 0 Å². The number of hydrogen-bond donors (Lipinski definition) is 1. The first-order valence-corrected chi connectivity index (χ1v) is 4.60. The Labute approximate surface area is 74.9 Å². The fourth-order valence-electron chi connectivity index (χ4n) is 1.52. The van der Waals surface area contributed by atoms with E-state index in [-0.39, 0.29) is 0 Å². The van der Waals surface area contributed by atoms with Crippen molar-refractivity contribution in [1.29, 1.82) is 0 Å². The van der Waals surface area contributed by atoms with Crippen molar-refractivity contribution < 1.29 is 0 Å². The minimum absolute atomic E-state index is 0.587. The molecule has 0 aliphatic carbocycles. The van der Waals surface area contributed by atoms with E-state index >= 15 is 0 Å². The fourth-order valence-corrected chi connectivity index (χ4v) is 2.05. The normalized spacial score (nSPS) is 21.1. The lowest BCUT2D eigenvalue weighted by atomic mass is 10.1. The van der Waals surface area contributed by atoms with Crippen LogP contribution < -0.4 is 5.32 Å². The molecular weight excluding hydrogens is 202 g/mol. The number of nitrogens with one attached hydrogen (secondary N) is 1. The third-order valence-electron chi connectivity index (χ3n) is 2.03. The van der Waals surface area contributed by atoms with Gasteiger partial charge in [0.05, 0.1) is 0 Å². The molecule has 11 heavy (non-hydrogen) atoms. The van der Waals surface area contributed by atoms with Crippen molar-refractivity contribution in [2.75, 3.05) is 5.32 Å². The van der Waals surface area contributed by atoms with Crippen LogP contribution in [0.15, 0.2) is 22.7 Å². The zero-order valence-corrected chi connectivity index (χ0v) is 7.98. The zero-order chi connectivity index (χ0) is 7.84. The number of anilines is 1. The Hall–Kier alpha value is -0.500. The van der Waals surface area contributed by atoms with Crippen LogP contribution in [0, 0.1) is 0 Å². The lowest BCUT2D eigenvalue weighted by molar-refractivity contribution is 0.837. The van der Waals surface area contributed by atoms with E-state index in [2.05, 4.69) is 46.4 Å². The first-order chi connectivity index (χ1) is 5.27. The molecular formula is C9H10BrN. The molecule has 1 heterocycles. The van der Waals surface area contributed by atoms with Gasteiger partial charge in [0, 0.05) is 16.2 Å². The van der Waals surface area contributed by atoms with Gasteiger partial charge in [-0.25, -0.2) is 0 Å². The van der Waals surface area contributed by atoms with Crippen LogP contribution in [-0.2, 0) is 6.42 Å². The molecule has 0 unspecified atom stereocenters. The van der Waals surface area contributed by atoms with Crippen molar-refractivity contribution in [2.45, 2.75) is 19.4 Å². The number of rotatable bonds is 0. The van der Waals surface area contributed by atoms with E-state index in [1.165, 1.54) is 15.7 Å². The smallest absolute Gasteiger partial charge is 0.0387 e. The first-order valence-electron chi connectivity index (χ1n) is 3.81. The molecule has 0 saturated heterocycles. The quantitative estimate of drug-likeness (QED) is 0.697. The summed E-state index contributed by atoms with van der Waals surface area (Å²) in [6.45, 7) is 2.20. The van der Waals surface area contributed by atoms with E-state index < -0.39 is 0 Å². The van der Waals surface area contributed by atoms with Crippen LogP contribution >= 0.6 is 15.9 Å². The first kappa shape index (κ1) is 7.17. The van der Waals surface area contributed by atoms with Gasteiger partial charge in [0.2, 0.25) is 0 Å². The van der Waals surface area contributed by atoms with Crippen LogP contribution in [0.2, 0.25) is 0 Å². The fraction of sp³-hybridized carbons (Fsp3) is 0.333. The summed E-state index contributed by atoms with van der Waals surface area (Å²) in [4.78, 5) is 0. The molecule has 0 bridgehead atoms. The maximum Gasteiger partial charge on any atom is 0.0387 e. The Kier molecular flexibility index (Phi) is 1.64. The molecule has 0 saturated carbocycles. The Morgan fingerprint density at radius 1 is 1.55 bits per heavy atom. The van der Waals surface area contributed by atoms with Gasteiger partial charge in [-0.05, 0) is 31.0 Å². The molecule has 1 N–H and O–H groups in total. The standard InChI is InChI=1S/C9H10BrN/c1-6-5-7-8(10)3-2-4-9(7)11-6/h2-4,6,11H,5H2,1H3/t6-/m1/s1. The molecule has 2 rings (SSSR count). The van der Waals surface area contributed by atoms with Crippen molar-refractivity contribution in [1.82, 2.24) is 0 Å². The largest absolute Gasteiger partial charge is 0.382 e. The van der Waals surface area contributed by atoms with Gasteiger partial charge in [-0.1, -0.05) is 22.0 Å². The van der Waals surface area contributed by atoms with Gasteiger partial charge in [-0.3, -0.25) is 0 Å². The molecule has 0 fully saturated rings. The van der Waals surface area contributed by atoms with Gasteiger partial charge in [-0.2, -0.15) is 0 Å². The van der Waals surface area contributed by atoms with Crippen LogP contribution in [0.25, 0.3) is 0 Å². The maximum absolute atomic E-state index is 3.53. The van der Waals surface area contributed by atoms with E-state index in [0.717, 1.165) is 6.42 Å². The van der Waals surface area contributed by atoms with E-state index in [1.54, 1.807) is 0 Å². The van der Waals surface area contributed by atoms with Crippen LogP contribution in [-0.4, -0.2) is 6.04 Å². The molecule has 0 aromatic heterocycles. The molecule has 58 valence electrons. The monoisotopic (exact) mass is 211 g/mol. The summed E-state index contributed by atoms with van der Waals surface area (Å²) in [5.74, 6) is 0. The molecule has 0 radical (unpaired) electrons. The maximum atomic E-state index is 3.53. The molecule has 1 nitrogen and oxygen atoms in total. The highest BCUT2D eigenvalue weighted by atomic mass is 79.9. The Morgan fingerprint density at radius 3 is 3.09 bits per heavy atom. The molecule has 0 amide bonds. The van der Waals surface area contributed by atoms with Crippen LogP contribution in [0.4, 0.5) is 5.69 Å². The highest BCUT2D eigenvalue weighted by Gasteiger charge is 2.17. The summed E-state index contributed by atoms with van der Waals surface area (Å²) in [6, 6.07) is 6.87. The summed E-state index contributed by atoms with van der Waals surface area (Å²) in [5.41, 5.74) is 2.70. The summed E-state index contributed by atoms with van der Waals surface area (Å²) in [5, 5.41) is 3.41. The van der Waals surface area contributed by atoms with Crippen molar-refractivity contribution in [3.63, 3.8) is 0 Å². The predicted octanol–water partition coefficient (Wildman–Crippen LogP) is 2.81. The van der Waals surface area contributed by atoms with Gasteiger partial charge in [0.1, 0.15) is 0 Å². The highest BCUT2D eigenvalue weighted by Crippen LogP contribution is 2.31. The van der Waals surface area contributed by atoms with Crippen LogP contribution in [0.1, 0.15) is 12.5 Å². The zero-order valence-electron chi connectivity index (χ0n) is 6.39. The minimum atomic E-state index is 0.587. The van der Waals surface area contributed by atoms with E-state index in [0.29, 0.717) is 6.04 Å². The van der Waals surface area contributed by atoms with Gasteiger partial charge in [0.15, 0.2) is 0 Å². The lowest BCUT2D eigenvalue weighted by Crippen LogP contribution is -2.08. The predicted molar refractivity (Wildman–Crippen MR) is 50.9 cm³/mol. The number of hydrogen-bond acceptors (Lipinski definition) is 1. The number of halogens is 1. The Bertz CT molecular complexity index is 283. The summed E-state index contributed by atoms with van der Waals surface area (Å²) < 4.78 is 1.23. The van der Waals surface area contributed by atoms with Crippen molar-refractivity contribution in [2.24, 2.45) is 0 Å². The van der Waals surface area contributed by atoms with Gasteiger partial charge in [-0.15, -0.1) is 0 Å². The van der Waals surface area contributed by atoms with Crippen molar-refractivity contribution in [3.8, 4) is 0 Å². The topological polar surface area (TPSA) is 12.0 Å². The van der Waals surface area contributed by atoms with Crippen LogP contribution in [0.5, 0.6) is 0 Å². The van der Waals surface area contributed by atoms with E-state index in [9.17, 15) is 0 Å². The third kappa shape index (κ3) is 1.16. The summed E-state index contributed by atoms with van der Waals surface area (Å²) in [7, 11) is 0. The van der Waals surface area contributed by atoms with Crippen molar-refractivity contribution in [3.05, 3.63) is 28.2 Å². The number of fused-ring (bicyclic) bond motifs is 1. The molecule has 2 heteroatoms. The minimum Gasteiger partial charge on any atom is -0.382 e. The lowest BCUT2D eigenvalue weighted by Gasteiger charge is -2.00. The molecule has 1 aliphatic rings. The molecule has 1 atom stereocenters. The van der Waals surface area contributed by atoms with E-state index in [4.69, 9.17) is 0 Å². The second-order valence-corrected chi connectivity index (χ2v) is 3.87. The van der Waals surface area contributed by atoms with Gasteiger partial charge in [0.25, 0.3) is 0 Å². The van der Waals surface area contributed by atoms with Gasteiger partial charge < -0.3 is 5.32 Å². The molecule has 0 spiro atoms. The Morgan fingerprint density at radius 2 is 2.36 bits per heavy atom. The van der Waals surface area contributed by atoms with Crippen LogP contribution in [0.3, 0.4) is 0 Å². The summed E-state index contributed by atoms with van der Waals surface area (Å²) >= 11 is 3.53. The summed E-state index contributed by atoms with van der Waals surface area (Å²) in [6.07, 6.45) is 1.14.